The molecule has 2 nitrogen and oxygen atoms in total. The molecule has 0 amide bonds. The average molecular weight is 213 g/mol. The second-order valence-corrected chi connectivity index (χ2v) is 3.98. The summed E-state index contributed by atoms with van der Waals surface area (Å²) in [6.45, 7) is 2.10. The molecule has 82 valence electrons. The van der Waals surface area contributed by atoms with Crippen molar-refractivity contribution in [1.29, 1.82) is 0 Å². The molecule has 0 aliphatic carbocycles. The van der Waals surface area contributed by atoms with E-state index in [0.717, 1.165) is 25.2 Å². The van der Waals surface area contributed by atoms with Crippen LogP contribution >= 0.6 is 0 Å². The topological polar surface area (TPSA) is 23.5 Å². The van der Waals surface area contributed by atoms with Gasteiger partial charge in [-0.05, 0) is 18.2 Å². The number of benzene rings is 1. The lowest BCUT2D eigenvalue weighted by Gasteiger charge is -2.38. The minimum Gasteiger partial charge on any atom is -0.396 e. The Hall–Kier alpha value is -1.00. The highest BCUT2D eigenvalue weighted by atomic mass is 19.1. The summed E-state index contributed by atoms with van der Waals surface area (Å²) in [5.41, 5.74) is 0.381. The maximum Gasteiger partial charge on any atom is 0.127 e. The van der Waals surface area contributed by atoms with Crippen molar-refractivity contribution in [2.75, 3.05) is 19.7 Å². The summed E-state index contributed by atoms with van der Waals surface area (Å²) in [6.07, 6.45) is 0. The van der Waals surface area contributed by atoms with Gasteiger partial charge in [0.1, 0.15) is 11.6 Å². The fourth-order valence-electron chi connectivity index (χ4n) is 1.83. The molecule has 0 unspecified atom stereocenters. The molecule has 1 fully saturated rings. The highest BCUT2D eigenvalue weighted by Gasteiger charge is 2.26. The lowest BCUT2D eigenvalue weighted by Crippen LogP contribution is -2.47. The highest BCUT2D eigenvalue weighted by Crippen LogP contribution is 2.19. The zero-order valence-corrected chi connectivity index (χ0v) is 8.29. The normalized spacial score (nSPS) is 17.8. The first-order valence-electron chi connectivity index (χ1n) is 4.96. The Morgan fingerprint density at radius 3 is 2.73 bits per heavy atom. The van der Waals surface area contributed by atoms with Crippen LogP contribution in [0.15, 0.2) is 18.2 Å². The van der Waals surface area contributed by atoms with Gasteiger partial charge in [-0.25, -0.2) is 8.78 Å². The first-order valence-corrected chi connectivity index (χ1v) is 4.96. The minimum atomic E-state index is -0.411. The fraction of sp³-hybridized carbons (Fsp3) is 0.455. The van der Waals surface area contributed by atoms with Crippen molar-refractivity contribution in [3.63, 3.8) is 0 Å². The largest absolute Gasteiger partial charge is 0.396 e. The number of likely N-dealkylation sites (tertiary alicyclic amines) is 1. The summed E-state index contributed by atoms with van der Waals surface area (Å²) in [6, 6.07) is 3.49. The van der Waals surface area contributed by atoms with Crippen LogP contribution in [-0.2, 0) is 6.54 Å². The zero-order chi connectivity index (χ0) is 10.8. The SMILES string of the molecule is OCC1CN(Cc2cc(F)ccc2F)C1. The van der Waals surface area contributed by atoms with Crippen molar-refractivity contribution in [1.82, 2.24) is 4.90 Å². The molecular weight excluding hydrogens is 200 g/mol. The van der Waals surface area contributed by atoms with E-state index in [4.69, 9.17) is 5.11 Å². The van der Waals surface area contributed by atoms with Crippen LogP contribution in [0.2, 0.25) is 0 Å². The number of aliphatic hydroxyl groups excluding tert-OH is 1. The van der Waals surface area contributed by atoms with Crippen LogP contribution in [0.4, 0.5) is 8.78 Å². The maximum absolute atomic E-state index is 13.2. The Morgan fingerprint density at radius 2 is 2.07 bits per heavy atom. The lowest BCUT2D eigenvalue weighted by atomic mass is 10.0. The van der Waals surface area contributed by atoms with E-state index in [1.807, 2.05) is 4.90 Å². The number of aliphatic hydroxyl groups is 1. The van der Waals surface area contributed by atoms with Crippen molar-refractivity contribution in [3.8, 4) is 0 Å². The predicted molar refractivity (Wildman–Crippen MR) is 52.2 cm³/mol. The van der Waals surface area contributed by atoms with E-state index in [2.05, 4.69) is 0 Å². The minimum absolute atomic E-state index is 0.169. The molecule has 1 aliphatic rings. The van der Waals surface area contributed by atoms with Crippen LogP contribution in [0, 0.1) is 17.6 Å². The van der Waals surface area contributed by atoms with Gasteiger partial charge < -0.3 is 5.11 Å². The van der Waals surface area contributed by atoms with Crippen molar-refractivity contribution >= 4 is 0 Å². The van der Waals surface area contributed by atoms with Gasteiger partial charge >= 0.3 is 0 Å². The second kappa shape index (κ2) is 4.24. The zero-order valence-electron chi connectivity index (χ0n) is 8.29. The molecule has 1 aromatic carbocycles. The number of hydrogen-bond donors (Lipinski definition) is 1. The van der Waals surface area contributed by atoms with Gasteiger partial charge in [0.15, 0.2) is 0 Å². The summed E-state index contributed by atoms with van der Waals surface area (Å²) in [4.78, 5) is 1.98. The Balaban J connectivity index is 1.97. The van der Waals surface area contributed by atoms with E-state index in [1.165, 1.54) is 6.07 Å². The molecular formula is C11H13F2NO. The molecule has 4 heteroatoms. The third-order valence-electron chi connectivity index (χ3n) is 2.69. The van der Waals surface area contributed by atoms with Gasteiger partial charge in [-0.3, -0.25) is 4.90 Å². The van der Waals surface area contributed by atoms with Gasteiger partial charge in [-0.2, -0.15) is 0 Å². The molecule has 1 aliphatic heterocycles. The van der Waals surface area contributed by atoms with Gasteiger partial charge in [0.2, 0.25) is 0 Å². The summed E-state index contributed by atoms with van der Waals surface area (Å²) < 4.78 is 26.1. The van der Waals surface area contributed by atoms with Crippen molar-refractivity contribution in [2.24, 2.45) is 5.92 Å². The van der Waals surface area contributed by atoms with E-state index in [0.29, 0.717) is 18.0 Å². The number of hydrogen-bond acceptors (Lipinski definition) is 2. The van der Waals surface area contributed by atoms with Crippen LogP contribution in [0.3, 0.4) is 0 Å². The summed E-state index contributed by atoms with van der Waals surface area (Å²) >= 11 is 0. The van der Waals surface area contributed by atoms with Crippen LogP contribution in [0.25, 0.3) is 0 Å². The van der Waals surface area contributed by atoms with Crippen LogP contribution in [-0.4, -0.2) is 29.7 Å². The van der Waals surface area contributed by atoms with E-state index >= 15 is 0 Å². The van der Waals surface area contributed by atoms with E-state index in [9.17, 15) is 8.78 Å². The maximum atomic E-state index is 13.2. The summed E-state index contributed by atoms with van der Waals surface area (Å²) in [5.74, 6) is -0.490. The van der Waals surface area contributed by atoms with E-state index < -0.39 is 5.82 Å². The van der Waals surface area contributed by atoms with Crippen molar-refractivity contribution in [2.45, 2.75) is 6.54 Å². The van der Waals surface area contributed by atoms with Crippen molar-refractivity contribution < 1.29 is 13.9 Å². The van der Waals surface area contributed by atoms with Crippen LogP contribution in [0.5, 0.6) is 0 Å². The molecule has 2 rings (SSSR count). The standard InChI is InChI=1S/C11H13F2NO/c12-10-1-2-11(13)9(3-10)6-14-4-8(5-14)7-15/h1-3,8,15H,4-7H2. The molecule has 15 heavy (non-hydrogen) atoms. The molecule has 0 spiro atoms. The summed E-state index contributed by atoms with van der Waals surface area (Å²) in [5, 5.41) is 8.81. The molecule has 0 aromatic heterocycles. The Kier molecular flexibility index (Phi) is 2.98. The number of rotatable bonds is 3. The van der Waals surface area contributed by atoms with Crippen LogP contribution < -0.4 is 0 Å². The van der Waals surface area contributed by atoms with Gasteiger partial charge in [0.25, 0.3) is 0 Å². The van der Waals surface area contributed by atoms with Gasteiger partial charge in [0, 0.05) is 37.7 Å². The molecule has 1 heterocycles. The number of nitrogens with zero attached hydrogens (tertiary/aromatic N) is 1. The monoisotopic (exact) mass is 213 g/mol. The average Bonchev–Trinajstić information content (AvgIpc) is 2.16. The Labute approximate surface area is 87.1 Å². The third-order valence-corrected chi connectivity index (χ3v) is 2.69. The van der Waals surface area contributed by atoms with Gasteiger partial charge in [0.05, 0.1) is 0 Å². The third kappa shape index (κ3) is 2.33. The van der Waals surface area contributed by atoms with Gasteiger partial charge in [-0.15, -0.1) is 0 Å². The lowest BCUT2D eigenvalue weighted by molar-refractivity contribution is 0.0471. The molecule has 1 saturated heterocycles. The first-order chi connectivity index (χ1) is 7.19. The second-order valence-electron chi connectivity index (χ2n) is 3.98. The Bertz CT molecular complexity index is 350. The van der Waals surface area contributed by atoms with E-state index in [-0.39, 0.29) is 12.4 Å². The Morgan fingerprint density at radius 1 is 1.33 bits per heavy atom. The highest BCUT2D eigenvalue weighted by molar-refractivity contribution is 5.18. The van der Waals surface area contributed by atoms with Gasteiger partial charge in [-0.1, -0.05) is 0 Å². The molecule has 0 bridgehead atoms. The fourth-order valence-corrected chi connectivity index (χ4v) is 1.83. The van der Waals surface area contributed by atoms with Crippen LogP contribution in [0.1, 0.15) is 5.56 Å². The molecule has 0 radical (unpaired) electrons. The summed E-state index contributed by atoms with van der Waals surface area (Å²) in [7, 11) is 0. The quantitative estimate of drug-likeness (QED) is 0.820. The smallest absolute Gasteiger partial charge is 0.127 e. The van der Waals surface area contributed by atoms with Crippen molar-refractivity contribution in [3.05, 3.63) is 35.4 Å². The predicted octanol–water partition coefficient (Wildman–Crippen LogP) is 1.39. The molecule has 1 N–H and O–H groups in total. The molecule has 1 aromatic rings. The first kappa shape index (κ1) is 10.5. The molecule has 0 saturated carbocycles. The molecule has 0 atom stereocenters. The number of halogens is 2. The van der Waals surface area contributed by atoms with E-state index in [1.54, 1.807) is 0 Å².